The summed E-state index contributed by atoms with van der Waals surface area (Å²) in [5.74, 6) is 0.207. The number of amides is 2. The molecular formula is C19H21N3O3. The van der Waals surface area contributed by atoms with E-state index >= 15 is 0 Å². The zero-order valence-corrected chi connectivity index (χ0v) is 14.3. The van der Waals surface area contributed by atoms with E-state index in [1.807, 2.05) is 24.3 Å². The Morgan fingerprint density at radius 2 is 2.08 bits per heavy atom. The Kier molecular flexibility index (Phi) is 4.97. The number of hydrogen-bond acceptors (Lipinski definition) is 4. The fourth-order valence-corrected chi connectivity index (χ4v) is 2.68. The van der Waals surface area contributed by atoms with Crippen LogP contribution >= 0.6 is 0 Å². The highest BCUT2D eigenvalue weighted by atomic mass is 16.6. The van der Waals surface area contributed by atoms with Gasteiger partial charge in [-0.05, 0) is 35.7 Å². The molecule has 6 heteroatoms. The Morgan fingerprint density at radius 3 is 2.72 bits per heavy atom. The fourth-order valence-electron chi connectivity index (χ4n) is 2.68. The summed E-state index contributed by atoms with van der Waals surface area (Å²) in [6, 6.07) is 11.3. The van der Waals surface area contributed by atoms with E-state index in [-0.39, 0.29) is 18.6 Å². The first-order valence-corrected chi connectivity index (χ1v) is 8.31. The van der Waals surface area contributed by atoms with Gasteiger partial charge in [-0.25, -0.2) is 4.79 Å². The van der Waals surface area contributed by atoms with E-state index in [1.165, 1.54) is 11.8 Å². The molecule has 130 valence electrons. The number of nitrogens with one attached hydrogen (secondary N) is 1. The quantitative estimate of drug-likeness (QED) is 0.909. The van der Waals surface area contributed by atoms with E-state index in [9.17, 15) is 9.59 Å². The molecule has 2 aromatic rings. The van der Waals surface area contributed by atoms with Crippen LogP contribution in [-0.4, -0.2) is 36.2 Å². The standard InChI is InChI=1S/C19H21N3O3/c1-13(2)14-5-7-16(8-6-14)22-12-17(25-19(22)24)11-21-18(23)15-4-3-9-20-10-15/h3-10,13,17H,11-12H2,1-2H3,(H,21,23). The number of rotatable bonds is 5. The summed E-state index contributed by atoms with van der Waals surface area (Å²) in [4.78, 5) is 29.6. The molecule has 0 radical (unpaired) electrons. The minimum atomic E-state index is -0.391. The highest BCUT2D eigenvalue weighted by Crippen LogP contribution is 2.24. The van der Waals surface area contributed by atoms with E-state index in [4.69, 9.17) is 4.74 Å². The Morgan fingerprint density at radius 1 is 1.32 bits per heavy atom. The molecule has 2 heterocycles. The summed E-state index contributed by atoms with van der Waals surface area (Å²) < 4.78 is 5.35. The second-order valence-corrected chi connectivity index (χ2v) is 6.31. The first-order chi connectivity index (χ1) is 12.0. The molecule has 1 aromatic carbocycles. The van der Waals surface area contributed by atoms with Crippen molar-refractivity contribution in [3.63, 3.8) is 0 Å². The molecule has 1 N–H and O–H groups in total. The average molecular weight is 339 g/mol. The normalized spacial score (nSPS) is 16.8. The average Bonchev–Trinajstić information content (AvgIpc) is 3.01. The molecule has 0 saturated carbocycles. The second kappa shape index (κ2) is 7.34. The number of carbonyl (C=O) groups excluding carboxylic acids is 2. The molecule has 0 spiro atoms. The number of ether oxygens (including phenoxy) is 1. The highest BCUT2D eigenvalue weighted by molar-refractivity contribution is 5.94. The number of benzene rings is 1. The van der Waals surface area contributed by atoms with E-state index in [2.05, 4.69) is 24.1 Å². The van der Waals surface area contributed by atoms with Crippen molar-refractivity contribution in [1.29, 1.82) is 0 Å². The summed E-state index contributed by atoms with van der Waals surface area (Å²) in [6.07, 6.45) is 2.34. The summed E-state index contributed by atoms with van der Waals surface area (Å²) >= 11 is 0. The van der Waals surface area contributed by atoms with Crippen LogP contribution in [0.25, 0.3) is 0 Å². The molecular weight excluding hydrogens is 318 g/mol. The third kappa shape index (κ3) is 3.96. The summed E-state index contributed by atoms with van der Waals surface area (Å²) in [5.41, 5.74) is 2.50. The van der Waals surface area contributed by atoms with Crippen LogP contribution < -0.4 is 10.2 Å². The Hall–Kier alpha value is -2.89. The van der Waals surface area contributed by atoms with Gasteiger partial charge in [0.2, 0.25) is 0 Å². The smallest absolute Gasteiger partial charge is 0.414 e. The van der Waals surface area contributed by atoms with Crippen molar-refractivity contribution in [2.24, 2.45) is 0 Å². The van der Waals surface area contributed by atoms with Crippen LogP contribution in [0.1, 0.15) is 35.7 Å². The summed E-state index contributed by atoms with van der Waals surface area (Å²) in [7, 11) is 0. The molecule has 0 bridgehead atoms. The maximum atomic E-state index is 12.1. The van der Waals surface area contributed by atoms with Crippen molar-refractivity contribution in [3.05, 3.63) is 59.9 Å². The van der Waals surface area contributed by atoms with Crippen molar-refractivity contribution < 1.29 is 14.3 Å². The molecule has 0 aliphatic carbocycles. The van der Waals surface area contributed by atoms with Crippen molar-refractivity contribution in [1.82, 2.24) is 10.3 Å². The third-order valence-corrected chi connectivity index (χ3v) is 4.16. The number of anilines is 1. The molecule has 3 rings (SSSR count). The molecule has 1 saturated heterocycles. The molecule has 1 aromatic heterocycles. The van der Waals surface area contributed by atoms with Crippen molar-refractivity contribution in [2.75, 3.05) is 18.0 Å². The lowest BCUT2D eigenvalue weighted by Crippen LogP contribution is -2.34. The number of aromatic nitrogens is 1. The van der Waals surface area contributed by atoms with Crippen molar-refractivity contribution in [2.45, 2.75) is 25.9 Å². The third-order valence-electron chi connectivity index (χ3n) is 4.16. The monoisotopic (exact) mass is 339 g/mol. The molecule has 6 nitrogen and oxygen atoms in total. The van der Waals surface area contributed by atoms with E-state index < -0.39 is 6.09 Å². The lowest BCUT2D eigenvalue weighted by molar-refractivity contribution is 0.0915. The maximum absolute atomic E-state index is 12.1. The topological polar surface area (TPSA) is 71.5 Å². The van der Waals surface area contributed by atoms with Gasteiger partial charge in [-0.1, -0.05) is 26.0 Å². The van der Waals surface area contributed by atoms with Gasteiger partial charge in [-0.15, -0.1) is 0 Å². The molecule has 1 atom stereocenters. The van der Waals surface area contributed by atoms with Gasteiger partial charge < -0.3 is 10.1 Å². The SMILES string of the molecule is CC(C)c1ccc(N2CC(CNC(=O)c3cccnc3)OC2=O)cc1. The number of carbonyl (C=O) groups is 2. The first kappa shape index (κ1) is 17.0. The van der Waals surface area contributed by atoms with Crippen LogP contribution in [-0.2, 0) is 4.74 Å². The Balaban J connectivity index is 1.58. The van der Waals surface area contributed by atoms with Crippen LogP contribution in [0.15, 0.2) is 48.8 Å². The predicted molar refractivity (Wildman–Crippen MR) is 94.7 cm³/mol. The molecule has 1 aliphatic heterocycles. The number of cyclic esters (lactones) is 1. The number of hydrogen-bond donors (Lipinski definition) is 1. The molecule has 25 heavy (non-hydrogen) atoms. The Labute approximate surface area is 146 Å². The minimum Gasteiger partial charge on any atom is -0.442 e. The Bertz CT molecular complexity index is 744. The largest absolute Gasteiger partial charge is 0.442 e. The van der Waals surface area contributed by atoms with Gasteiger partial charge in [-0.3, -0.25) is 14.7 Å². The van der Waals surface area contributed by atoms with E-state index in [0.29, 0.717) is 18.0 Å². The van der Waals surface area contributed by atoms with Gasteiger partial charge >= 0.3 is 6.09 Å². The van der Waals surface area contributed by atoms with Crippen molar-refractivity contribution >= 4 is 17.7 Å². The first-order valence-electron chi connectivity index (χ1n) is 8.31. The number of pyridine rings is 1. The van der Waals surface area contributed by atoms with Gasteiger partial charge in [0.1, 0.15) is 6.10 Å². The van der Waals surface area contributed by atoms with Crippen LogP contribution in [0.5, 0.6) is 0 Å². The van der Waals surface area contributed by atoms with Crippen LogP contribution in [0.3, 0.4) is 0 Å². The fraction of sp³-hybridized carbons (Fsp3) is 0.316. The van der Waals surface area contributed by atoms with Gasteiger partial charge in [0, 0.05) is 18.1 Å². The molecule has 1 fully saturated rings. The molecule has 1 unspecified atom stereocenters. The van der Waals surface area contributed by atoms with Gasteiger partial charge in [0.15, 0.2) is 0 Å². The van der Waals surface area contributed by atoms with Gasteiger partial charge in [-0.2, -0.15) is 0 Å². The second-order valence-electron chi connectivity index (χ2n) is 6.31. The van der Waals surface area contributed by atoms with Crippen LogP contribution in [0, 0.1) is 0 Å². The lowest BCUT2D eigenvalue weighted by Gasteiger charge is -2.14. The molecule has 1 aliphatic rings. The zero-order valence-electron chi connectivity index (χ0n) is 14.3. The van der Waals surface area contributed by atoms with Gasteiger partial charge in [0.25, 0.3) is 5.91 Å². The van der Waals surface area contributed by atoms with E-state index in [1.54, 1.807) is 23.2 Å². The van der Waals surface area contributed by atoms with Crippen LogP contribution in [0.2, 0.25) is 0 Å². The lowest BCUT2D eigenvalue weighted by atomic mass is 10.0. The molecule has 2 amide bonds. The van der Waals surface area contributed by atoms with E-state index in [0.717, 1.165) is 5.69 Å². The minimum absolute atomic E-state index is 0.233. The maximum Gasteiger partial charge on any atom is 0.414 e. The highest BCUT2D eigenvalue weighted by Gasteiger charge is 2.32. The van der Waals surface area contributed by atoms with Crippen LogP contribution in [0.4, 0.5) is 10.5 Å². The summed E-state index contributed by atoms with van der Waals surface area (Å²) in [5, 5.41) is 2.77. The van der Waals surface area contributed by atoms with Crippen molar-refractivity contribution in [3.8, 4) is 0 Å². The summed E-state index contributed by atoms with van der Waals surface area (Å²) in [6.45, 7) is 4.92. The number of nitrogens with zero attached hydrogens (tertiary/aromatic N) is 2. The van der Waals surface area contributed by atoms with Gasteiger partial charge in [0.05, 0.1) is 18.7 Å². The predicted octanol–water partition coefficient (Wildman–Crippen LogP) is 2.96. The zero-order chi connectivity index (χ0) is 17.8.